The van der Waals surface area contributed by atoms with Crippen LogP contribution in [0.25, 0.3) is 0 Å². The molecular formula is C23H40N4O3. The molecule has 2 unspecified atom stereocenters. The van der Waals surface area contributed by atoms with Crippen molar-refractivity contribution in [3.05, 3.63) is 35.4 Å². The van der Waals surface area contributed by atoms with Gasteiger partial charge in [-0.3, -0.25) is 4.90 Å². The Bertz CT molecular complexity index is 599. The first-order chi connectivity index (χ1) is 14.6. The second-order valence-electron chi connectivity index (χ2n) is 7.85. The summed E-state index contributed by atoms with van der Waals surface area (Å²) in [5, 5.41) is 6.66. The number of hydrogen-bond acceptors (Lipinski definition) is 5. The van der Waals surface area contributed by atoms with Gasteiger partial charge in [0.25, 0.3) is 0 Å². The van der Waals surface area contributed by atoms with E-state index in [2.05, 4.69) is 60.6 Å². The molecule has 2 N–H and O–H groups in total. The Hall–Kier alpha value is -1.67. The average Bonchev–Trinajstić information content (AvgIpc) is 2.71. The number of hydrogen-bond donors (Lipinski definition) is 2. The van der Waals surface area contributed by atoms with Crippen molar-refractivity contribution in [3.8, 4) is 0 Å². The Morgan fingerprint density at radius 2 is 1.77 bits per heavy atom. The van der Waals surface area contributed by atoms with Crippen LogP contribution in [0.2, 0.25) is 0 Å². The van der Waals surface area contributed by atoms with Crippen molar-refractivity contribution >= 4 is 5.96 Å². The van der Waals surface area contributed by atoms with Crippen LogP contribution >= 0.6 is 0 Å². The second-order valence-corrected chi connectivity index (χ2v) is 7.85. The molecule has 0 spiro atoms. The van der Waals surface area contributed by atoms with Gasteiger partial charge in [-0.1, -0.05) is 24.3 Å². The van der Waals surface area contributed by atoms with Gasteiger partial charge in [0.2, 0.25) is 0 Å². The molecule has 1 aromatic carbocycles. The number of aliphatic imine (C=N–C) groups is 1. The van der Waals surface area contributed by atoms with E-state index in [-0.39, 0.29) is 0 Å². The summed E-state index contributed by atoms with van der Waals surface area (Å²) in [6.45, 7) is 13.7. The molecular weight excluding hydrogens is 380 g/mol. The van der Waals surface area contributed by atoms with E-state index >= 15 is 0 Å². The largest absolute Gasteiger partial charge is 0.382 e. The quantitative estimate of drug-likeness (QED) is 0.308. The molecule has 0 bridgehead atoms. The number of benzene rings is 1. The number of morpholine rings is 1. The van der Waals surface area contributed by atoms with Crippen molar-refractivity contribution in [2.24, 2.45) is 4.99 Å². The molecule has 0 amide bonds. The number of nitrogens with zero attached hydrogens (tertiary/aromatic N) is 2. The third-order valence-corrected chi connectivity index (χ3v) is 4.88. The van der Waals surface area contributed by atoms with E-state index in [1.807, 2.05) is 0 Å². The minimum absolute atomic E-state index is 0.302. The average molecular weight is 421 g/mol. The Labute approximate surface area is 182 Å². The number of rotatable bonds is 12. The maximum Gasteiger partial charge on any atom is 0.191 e. The molecule has 1 aromatic rings. The van der Waals surface area contributed by atoms with E-state index in [1.165, 1.54) is 11.1 Å². The molecule has 1 fully saturated rings. The number of ether oxygens (including phenoxy) is 3. The maximum atomic E-state index is 5.82. The molecule has 1 aliphatic rings. The summed E-state index contributed by atoms with van der Waals surface area (Å²) in [4.78, 5) is 7.17. The minimum atomic E-state index is 0.302. The van der Waals surface area contributed by atoms with E-state index < -0.39 is 0 Å². The Kier molecular flexibility index (Phi) is 11.8. The molecule has 0 aliphatic carbocycles. The van der Waals surface area contributed by atoms with Gasteiger partial charge in [-0.25, -0.2) is 4.99 Å². The van der Waals surface area contributed by atoms with Crippen LogP contribution in [0.3, 0.4) is 0 Å². The smallest absolute Gasteiger partial charge is 0.191 e. The van der Waals surface area contributed by atoms with E-state index in [9.17, 15) is 0 Å². The predicted molar refractivity (Wildman–Crippen MR) is 122 cm³/mol. The highest BCUT2D eigenvalue weighted by Gasteiger charge is 2.21. The molecule has 7 heteroatoms. The Balaban J connectivity index is 1.75. The van der Waals surface area contributed by atoms with Crippen molar-refractivity contribution in [3.63, 3.8) is 0 Å². The summed E-state index contributed by atoms with van der Waals surface area (Å²) in [6, 6.07) is 8.79. The lowest BCUT2D eigenvalue weighted by atomic mass is 10.1. The number of nitrogens with one attached hydrogen (secondary N) is 2. The van der Waals surface area contributed by atoms with Gasteiger partial charge in [-0.2, -0.15) is 0 Å². The Morgan fingerprint density at radius 3 is 2.43 bits per heavy atom. The summed E-state index contributed by atoms with van der Waals surface area (Å²) in [7, 11) is 1.68. The van der Waals surface area contributed by atoms with Crippen LogP contribution in [0.4, 0.5) is 0 Å². The topological polar surface area (TPSA) is 67.4 Å². The zero-order valence-electron chi connectivity index (χ0n) is 19.2. The third kappa shape index (κ3) is 9.89. The van der Waals surface area contributed by atoms with Crippen molar-refractivity contribution < 1.29 is 14.2 Å². The van der Waals surface area contributed by atoms with Crippen LogP contribution in [-0.4, -0.2) is 76.2 Å². The summed E-state index contributed by atoms with van der Waals surface area (Å²) >= 11 is 0. The van der Waals surface area contributed by atoms with E-state index in [1.54, 1.807) is 7.11 Å². The van der Waals surface area contributed by atoms with Gasteiger partial charge in [-0.15, -0.1) is 0 Å². The van der Waals surface area contributed by atoms with Crippen molar-refractivity contribution in [2.45, 2.75) is 52.5 Å². The number of guanidine groups is 1. The lowest BCUT2D eigenvalue weighted by Gasteiger charge is -2.35. The van der Waals surface area contributed by atoms with Crippen molar-refractivity contribution in [1.29, 1.82) is 0 Å². The summed E-state index contributed by atoms with van der Waals surface area (Å²) in [6.07, 6.45) is 1.54. The minimum Gasteiger partial charge on any atom is -0.382 e. The van der Waals surface area contributed by atoms with Crippen molar-refractivity contribution in [1.82, 2.24) is 15.5 Å². The molecule has 0 saturated carbocycles. The van der Waals surface area contributed by atoms with Gasteiger partial charge in [-0.05, 0) is 38.3 Å². The highest BCUT2D eigenvalue weighted by Crippen LogP contribution is 2.15. The van der Waals surface area contributed by atoms with Gasteiger partial charge in [0.1, 0.15) is 0 Å². The lowest BCUT2D eigenvalue weighted by Crippen LogP contribution is -2.44. The molecule has 1 aliphatic heterocycles. The normalized spacial score (nSPS) is 20.3. The van der Waals surface area contributed by atoms with E-state index in [4.69, 9.17) is 19.2 Å². The summed E-state index contributed by atoms with van der Waals surface area (Å²) in [5.74, 6) is 0.842. The first-order valence-corrected chi connectivity index (χ1v) is 11.1. The van der Waals surface area contributed by atoms with Gasteiger partial charge in [0.05, 0.1) is 32.0 Å². The number of methoxy groups -OCH3 is 1. The maximum absolute atomic E-state index is 5.82. The molecule has 2 atom stereocenters. The first-order valence-electron chi connectivity index (χ1n) is 11.1. The fourth-order valence-electron chi connectivity index (χ4n) is 3.56. The lowest BCUT2D eigenvalue weighted by molar-refractivity contribution is -0.0704. The zero-order chi connectivity index (χ0) is 21.6. The predicted octanol–water partition coefficient (Wildman–Crippen LogP) is 2.40. The van der Waals surface area contributed by atoms with Crippen LogP contribution < -0.4 is 10.6 Å². The molecule has 0 radical (unpaired) electrons. The van der Waals surface area contributed by atoms with Gasteiger partial charge < -0.3 is 24.8 Å². The zero-order valence-corrected chi connectivity index (χ0v) is 19.2. The van der Waals surface area contributed by atoms with Crippen LogP contribution in [0, 0.1) is 0 Å². The molecule has 30 heavy (non-hydrogen) atoms. The SMILES string of the molecule is CCNC(=NCc1ccc(CN2CC(C)OC(C)C2)cc1)NCCCOCCOC. The summed E-state index contributed by atoms with van der Waals surface area (Å²) in [5.41, 5.74) is 2.55. The van der Waals surface area contributed by atoms with Crippen LogP contribution in [0.1, 0.15) is 38.3 Å². The van der Waals surface area contributed by atoms with Gasteiger partial charge in [0.15, 0.2) is 5.96 Å². The Morgan fingerprint density at radius 1 is 1.07 bits per heavy atom. The van der Waals surface area contributed by atoms with Crippen LogP contribution in [0.5, 0.6) is 0 Å². The monoisotopic (exact) mass is 420 g/mol. The van der Waals surface area contributed by atoms with Gasteiger partial charge >= 0.3 is 0 Å². The highest BCUT2D eigenvalue weighted by atomic mass is 16.5. The molecule has 7 nitrogen and oxygen atoms in total. The standard InChI is InChI=1S/C23H40N4O3/c1-5-24-23(25-11-6-12-29-14-13-28-4)26-15-21-7-9-22(10-8-21)18-27-16-19(2)30-20(3)17-27/h7-10,19-20H,5-6,11-18H2,1-4H3,(H2,24,25,26). The molecule has 2 rings (SSSR count). The highest BCUT2D eigenvalue weighted by molar-refractivity contribution is 5.79. The fraction of sp³-hybridized carbons (Fsp3) is 0.696. The summed E-state index contributed by atoms with van der Waals surface area (Å²) < 4.78 is 16.3. The third-order valence-electron chi connectivity index (χ3n) is 4.88. The van der Waals surface area contributed by atoms with Crippen LogP contribution in [-0.2, 0) is 27.3 Å². The molecule has 0 aromatic heterocycles. The molecule has 170 valence electrons. The van der Waals surface area contributed by atoms with E-state index in [0.717, 1.165) is 51.7 Å². The second kappa shape index (κ2) is 14.4. The van der Waals surface area contributed by atoms with Crippen LogP contribution in [0.15, 0.2) is 29.3 Å². The molecule has 1 heterocycles. The fourth-order valence-corrected chi connectivity index (χ4v) is 3.56. The first kappa shape index (κ1) is 24.6. The van der Waals surface area contributed by atoms with E-state index in [0.29, 0.717) is 32.0 Å². The van der Waals surface area contributed by atoms with Gasteiger partial charge in [0, 0.05) is 46.4 Å². The van der Waals surface area contributed by atoms with Crippen molar-refractivity contribution in [2.75, 3.05) is 53.1 Å². The molecule has 1 saturated heterocycles.